The molecule has 1 aliphatic rings. The van der Waals surface area contributed by atoms with E-state index in [1.807, 2.05) is 24.3 Å². The van der Waals surface area contributed by atoms with Gasteiger partial charge in [0.2, 0.25) is 6.35 Å². The van der Waals surface area contributed by atoms with E-state index in [0.717, 1.165) is 40.7 Å². The summed E-state index contributed by atoms with van der Waals surface area (Å²) in [5.41, 5.74) is 6.04. The first-order valence-corrected chi connectivity index (χ1v) is 15.4. The fraction of sp³-hybridized carbons (Fsp3) is 0.344. The van der Waals surface area contributed by atoms with Gasteiger partial charge >= 0.3 is 6.36 Å². The zero-order valence-electron chi connectivity index (χ0n) is 24.8. The van der Waals surface area contributed by atoms with Gasteiger partial charge in [0.1, 0.15) is 12.1 Å². The molecule has 1 saturated heterocycles. The van der Waals surface area contributed by atoms with Crippen LogP contribution in [0.5, 0.6) is 5.75 Å². The molecule has 0 spiro atoms. The first-order valence-electron chi connectivity index (χ1n) is 14.4. The van der Waals surface area contributed by atoms with Crippen LogP contribution in [0.15, 0.2) is 78.0 Å². The average molecular weight is 625 g/mol. The van der Waals surface area contributed by atoms with E-state index >= 15 is 0 Å². The van der Waals surface area contributed by atoms with Crippen molar-refractivity contribution in [1.29, 1.82) is 0 Å². The Labute approximate surface area is 259 Å². The summed E-state index contributed by atoms with van der Waals surface area (Å²) in [4.78, 5) is 11.2. The molecule has 2 N–H and O–H groups in total. The summed E-state index contributed by atoms with van der Waals surface area (Å²) >= 11 is 1.67. The Morgan fingerprint density at radius 1 is 1.07 bits per heavy atom. The predicted molar refractivity (Wildman–Crippen MR) is 168 cm³/mol. The summed E-state index contributed by atoms with van der Waals surface area (Å²) < 4.78 is 42.6. The van der Waals surface area contributed by atoms with Crippen molar-refractivity contribution < 1.29 is 23.0 Å². The van der Waals surface area contributed by atoms with E-state index < -0.39 is 12.7 Å². The highest BCUT2D eigenvalue weighted by Gasteiger charge is 2.31. The number of nitrogens with zero attached hydrogens (tertiary/aromatic N) is 5. The molecule has 232 valence electrons. The Kier molecular flexibility index (Phi) is 9.92. The van der Waals surface area contributed by atoms with E-state index in [-0.39, 0.29) is 5.75 Å². The summed E-state index contributed by atoms with van der Waals surface area (Å²) in [6.07, 6.45) is -2.52. The zero-order chi connectivity index (χ0) is 31.3. The highest BCUT2D eigenvalue weighted by atomic mass is 32.2. The van der Waals surface area contributed by atoms with E-state index in [1.54, 1.807) is 11.8 Å². The molecule has 1 atom stereocenters. The monoisotopic (exact) mass is 624 g/mol. The van der Waals surface area contributed by atoms with Gasteiger partial charge in [0, 0.05) is 30.1 Å². The van der Waals surface area contributed by atoms with Crippen LogP contribution in [0.25, 0.3) is 17.1 Å². The predicted octanol–water partition coefficient (Wildman–Crippen LogP) is 6.67. The molecule has 1 unspecified atom stereocenters. The molecule has 0 amide bonds. The lowest BCUT2D eigenvalue weighted by Crippen LogP contribution is -2.38. The lowest BCUT2D eigenvalue weighted by Gasteiger charge is -2.33. The van der Waals surface area contributed by atoms with Crippen molar-refractivity contribution >= 4 is 22.6 Å². The van der Waals surface area contributed by atoms with Gasteiger partial charge in [0.05, 0.1) is 5.69 Å². The maximum atomic E-state index is 12.4. The largest absolute Gasteiger partial charge is 0.573 e. The molecular weight excluding hydrogens is 589 g/mol. The molecule has 0 bridgehead atoms. The summed E-state index contributed by atoms with van der Waals surface area (Å²) in [7, 11) is 0. The van der Waals surface area contributed by atoms with Gasteiger partial charge in [0.25, 0.3) is 0 Å². The molecule has 0 saturated carbocycles. The number of hydrogen-bond donors (Lipinski definition) is 2. The van der Waals surface area contributed by atoms with Crippen LogP contribution in [0.4, 0.5) is 18.9 Å². The number of hydrogen-bond acceptors (Lipinski definition) is 7. The smallest absolute Gasteiger partial charge is 0.406 e. The lowest BCUT2D eigenvalue weighted by atomic mass is 9.98. The van der Waals surface area contributed by atoms with E-state index in [9.17, 15) is 18.3 Å². The van der Waals surface area contributed by atoms with Gasteiger partial charge < -0.3 is 14.7 Å². The number of nitrogens with one attached hydrogen (secondary N) is 1. The fourth-order valence-electron chi connectivity index (χ4n) is 4.90. The van der Waals surface area contributed by atoms with Crippen LogP contribution in [-0.4, -0.2) is 56.6 Å². The SMILES string of the molecule is Cc1ccc(C(C)C)c(N2CCCSC2=NC(O)NCCc2ccc(-c3ncn(-c4ccc(OC(F)(F)F)cc4)n3)cc2)c1. The maximum absolute atomic E-state index is 12.4. The Bertz CT molecular complexity index is 1570. The quantitative estimate of drug-likeness (QED) is 0.191. The molecule has 44 heavy (non-hydrogen) atoms. The Morgan fingerprint density at radius 2 is 1.82 bits per heavy atom. The molecule has 0 aliphatic carbocycles. The number of halogens is 3. The molecule has 1 aliphatic heterocycles. The number of aryl methyl sites for hydroxylation is 1. The summed E-state index contributed by atoms with van der Waals surface area (Å²) in [5, 5.41) is 19.1. The van der Waals surface area contributed by atoms with Crippen LogP contribution in [-0.2, 0) is 6.42 Å². The number of ether oxygens (including phenoxy) is 1. The van der Waals surface area contributed by atoms with Gasteiger partial charge in [0.15, 0.2) is 11.0 Å². The van der Waals surface area contributed by atoms with E-state index in [4.69, 9.17) is 0 Å². The van der Waals surface area contributed by atoms with Crippen LogP contribution >= 0.6 is 11.8 Å². The van der Waals surface area contributed by atoms with Crippen molar-refractivity contribution in [3.05, 3.63) is 89.7 Å². The molecule has 0 radical (unpaired) electrons. The van der Waals surface area contributed by atoms with Gasteiger partial charge in [-0.15, -0.1) is 18.3 Å². The minimum absolute atomic E-state index is 0.302. The highest BCUT2D eigenvalue weighted by molar-refractivity contribution is 8.14. The topological polar surface area (TPSA) is 87.8 Å². The molecule has 3 aromatic carbocycles. The van der Waals surface area contributed by atoms with E-state index in [0.29, 0.717) is 30.4 Å². The number of anilines is 1. The van der Waals surface area contributed by atoms with Crippen molar-refractivity contribution in [3.63, 3.8) is 0 Å². The number of rotatable bonds is 10. The van der Waals surface area contributed by atoms with Gasteiger partial charge in [-0.1, -0.05) is 62.0 Å². The molecule has 8 nitrogen and oxygen atoms in total. The average Bonchev–Trinajstić information content (AvgIpc) is 3.48. The van der Waals surface area contributed by atoms with Gasteiger partial charge in [-0.3, -0.25) is 5.32 Å². The number of aliphatic hydroxyl groups excluding tert-OH is 1. The Morgan fingerprint density at radius 3 is 2.52 bits per heavy atom. The summed E-state index contributed by atoms with van der Waals surface area (Å²) in [5.74, 6) is 1.53. The minimum Gasteiger partial charge on any atom is -0.406 e. The zero-order valence-corrected chi connectivity index (χ0v) is 25.6. The van der Waals surface area contributed by atoms with Crippen molar-refractivity contribution in [1.82, 2.24) is 20.1 Å². The number of aromatic nitrogens is 3. The molecule has 5 rings (SSSR count). The van der Waals surface area contributed by atoms with Crippen molar-refractivity contribution in [3.8, 4) is 22.8 Å². The normalized spacial score (nSPS) is 15.6. The molecule has 2 heterocycles. The first-order chi connectivity index (χ1) is 21.1. The van der Waals surface area contributed by atoms with E-state index in [2.05, 4.69) is 69.0 Å². The second-order valence-electron chi connectivity index (χ2n) is 10.8. The van der Waals surface area contributed by atoms with Crippen molar-refractivity contribution in [2.24, 2.45) is 4.99 Å². The first kappa shape index (κ1) is 31.6. The number of benzene rings is 3. The second-order valence-corrected chi connectivity index (χ2v) is 11.9. The number of aliphatic hydroxyl groups is 1. The van der Waals surface area contributed by atoms with Crippen LogP contribution in [0.3, 0.4) is 0 Å². The third-order valence-corrected chi connectivity index (χ3v) is 8.18. The molecular formula is C32H35F3N6O2S. The minimum atomic E-state index is -4.74. The maximum Gasteiger partial charge on any atom is 0.573 e. The summed E-state index contributed by atoms with van der Waals surface area (Å²) in [6.45, 7) is 7.87. The second kappa shape index (κ2) is 13.8. The standard InChI is InChI=1S/C32H35F3N6O2S/c1-21(2)27-14-5-22(3)19-28(27)40-17-4-18-44-31(40)38-30(42)36-16-15-23-6-8-24(9-7-23)29-37-20-41(39-29)25-10-12-26(13-11-25)43-32(33,34)35/h5-14,19-21,30,36,42H,4,15-18H2,1-3H3. The van der Waals surface area contributed by atoms with E-state index in [1.165, 1.54) is 46.4 Å². The third kappa shape index (κ3) is 8.19. The Balaban J connectivity index is 1.16. The molecule has 1 aromatic heterocycles. The third-order valence-electron chi connectivity index (χ3n) is 7.10. The van der Waals surface area contributed by atoms with Crippen LogP contribution in [0, 0.1) is 6.92 Å². The van der Waals surface area contributed by atoms with Gasteiger partial charge in [-0.25, -0.2) is 14.7 Å². The number of amidine groups is 1. The molecule has 4 aromatic rings. The number of thioether (sulfide) groups is 1. The molecule has 12 heteroatoms. The molecule has 1 fully saturated rings. The van der Waals surface area contributed by atoms with Gasteiger partial charge in [-0.05, 0) is 72.7 Å². The lowest BCUT2D eigenvalue weighted by molar-refractivity contribution is -0.274. The highest BCUT2D eigenvalue weighted by Crippen LogP contribution is 2.33. The number of aliphatic imine (C=N–C) groups is 1. The van der Waals surface area contributed by atoms with Crippen molar-refractivity contribution in [2.75, 3.05) is 23.7 Å². The van der Waals surface area contributed by atoms with Crippen LogP contribution in [0.1, 0.15) is 42.9 Å². The summed E-state index contributed by atoms with van der Waals surface area (Å²) in [6, 6.07) is 19.7. The van der Waals surface area contributed by atoms with Crippen LogP contribution in [0.2, 0.25) is 0 Å². The van der Waals surface area contributed by atoms with Crippen LogP contribution < -0.4 is 15.0 Å². The fourth-order valence-corrected chi connectivity index (χ4v) is 5.88. The van der Waals surface area contributed by atoms with Crippen molar-refractivity contribution in [2.45, 2.75) is 52.2 Å². The number of alkyl halides is 3. The Hall–Kier alpha value is -3.87. The van der Waals surface area contributed by atoms with Gasteiger partial charge in [-0.2, -0.15) is 0 Å².